The molecule has 0 bridgehead atoms. The number of hydrogen-bond acceptors (Lipinski definition) is 2. The molecule has 26 heavy (non-hydrogen) atoms. The van der Waals surface area contributed by atoms with Gasteiger partial charge in [-0.25, -0.2) is 0 Å². The van der Waals surface area contributed by atoms with Gasteiger partial charge in [0.25, 0.3) is 0 Å². The molecule has 3 heteroatoms. The van der Waals surface area contributed by atoms with Crippen molar-refractivity contribution in [3.05, 3.63) is 65.2 Å². The minimum Gasteiger partial charge on any atom is -0.362 e. The number of hydrogen-bond donors (Lipinski definition) is 0. The molecule has 0 spiro atoms. The van der Waals surface area contributed by atoms with Gasteiger partial charge in [-0.1, -0.05) is 73.8 Å². The molecule has 2 saturated heterocycles. The highest BCUT2D eigenvalue weighted by Gasteiger charge is 2.31. The lowest BCUT2D eigenvalue weighted by molar-refractivity contribution is 0.269. The Bertz CT molecular complexity index is 714. The van der Waals surface area contributed by atoms with E-state index in [1.807, 2.05) is 0 Å². The van der Waals surface area contributed by atoms with E-state index in [1.165, 1.54) is 63.2 Å². The predicted octanol–water partition coefficient (Wildman–Crippen LogP) is 4.80. The minimum absolute atomic E-state index is 0.494. The van der Waals surface area contributed by atoms with Crippen molar-refractivity contribution >= 4 is 15.2 Å². The molecule has 0 saturated carbocycles. The molecule has 3 aliphatic heterocycles. The van der Waals surface area contributed by atoms with Gasteiger partial charge in [0.05, 0.1) is 6.04 Å². The highest BCUT2D eigenvalue weighted by atomic mass is 28.2. The van der Waals surface area contributed by atoms with Crippen molar-refractivity contribution < 1.29 is 0 Å². The largest absolute Gasteiger partial charge is 0.362 e. The van der Waals surface area contributed by atoms with Gasteiger partial charge in [-0.05, 0) is 36.2 Å². The van der Waals surface area contributed by atoms with Crippen LogP contribution in [0.1, 0.15) is 42.0 Å². The molecular formula is C23H30N2Si. The molecule has 1 atom stereocenters. The van der Waals surface area contributed by atoms with Gasteiger partial charge < -0.3 is 9.80 Å². The van der Waals surface area contributed by atoms with E-state index < -0.39 is 0 Å². The summed E-state index contributed by atoms with van der Waals surface area (Å²) in [5, 5.41) is 0. The quantitative estimate of drug-likeness (QED) is 0.621. The standard InChI is InChI=1S/C18H20N2.C5H10Si/c1-19-10-11-20-17-9-5-3-7-15(17)12-14-6-2-4-8-16(14)18(20)13-19;1-2-4-6-5-3-1/h2-9,18H,10-13H2,1H3;1-5H2. The molecule has 2 nitrogen and oxygen atoms in total. The lowest BCUT2D eigenvalue weighted by atomic mass is 9.96. The monoisotopic (exact) mass is 362 g/mol. The molecular weight excluding hydrogens is 332 g/mol. The highest BCUT2D eigenvalue weighted by Crippen LogP contribution is 2.38. The van der Waals surface area contributed by atoms with Crippen molar-refractivity contribution in [2.45, 2.75) is 43.8 Å². The second-order valence-corrected chi connectivity index (χ2v) is 9.29. The number of fused-ring (bicyclic) bond motifs is 5. The average molecular weight is 363 g/mol. The van der Waals surface area contributed by atoms with Gasteiger partial charge in [-0.3, -0.25) is 0 Å². The topological polar surface area (TPSA) is 6.48 Å². The first-order chi connectivity index (χ1) is 12.8. The first kappa shape index (κ1) is 17.8. The molecule has 0 aromatic heterocycles. The second kappa shape index (κ2) is 8.41. The van der Waals surface area contributed by atoms with Gasteiger partial charge in [0.15, 0.2) is 0 Å². The number of piperazine rings is 1. The fourth-order valence-electron chi connectivity index (χ4n) is 4.44. The van der Waals surface area contributed by atoms with Crippen LogP contribution in [0.3, 0.4) is 0 Å². The SMILES string of the molecule is C1CC[Si]CC1.CN1CCN2c3ccccc3Cc3ccccc3C2C1. The molecule has 136 valence electrons. The van der Waals surface area contributed by atoms with Gasteiger partial charge in [0.1, 0.15) is 0 Å². The zero-order valence-corrected chi connectivity index (χ0v) is 17.0. The number of para-hydroxylation sites is 1. The maximum Gasteiger partial charge on any atom is 0.0672 e. The third-order valence-corrected chi connectivity index (χ3v) is 7.30. The zero-order chi connectivity index (χ0) is 17.8. The molecule has 0 amide bonds. The first-order valence-electron chi connectivity index (χ1n) is 10.1. The van der Waals surface area contributed by atoms with E-state index in [0.29, 0.717) is 6.04 Å². The second-order valence-electron chi connectivity index (χ2n) is 7.79. The van der Waals surface area contributed by atoms with Gasteiger partial charge in [0, 0.05) is 34.8 Å². The van der Waals surface area contributed by atoms with E-state index in [2.05, 4.69) is 65.4 Å². The summed E-state index contributed by atoms with van der Waals surface area (Å²) in [6, 6.07) is 21.4. The van der Waals surface area contributed by atoms with Crippen LogP contribution in [0.4, 0.5) is 5.69 Å². The summed E-state index contributed by atoms with van der Waals surface area (Å²) in [6.45, 7) is 3.38. The van der Waals surface area contributed by atoms with Crippen LogP contribution in [0.15, 0.2) is 48.5 Å². The summed E-state index contributed by atoms with van der Waals surface area (Å²) < 4.78 is 0. The third kappa shape index (κ3) is 3.89. The molecule has 2 aromatic carbocycles. The van der Waals surface area contributed by atoms with Crippen LogP contribution in [0.2, 0.25) is 12.1 Å². The van der Waals surface area contributed by atoms with E-state index in [4.69, 9.17) is 0 Å². The summed E-state index contributed by atoms with van der Waals surface area (Å²) in [7, 11) is 3.53. The first-order valence-corrected chi connectivity index (χ1v) is 11.6. The van der Waals surface area contributed by atoms with Crippen LogP contribution < -0.4 is 4.90 Å². The van der Waals surface area contributed by atoms with Crippen molar-refractivity contribution in [1.82, 2.24) is 4.90 Å². The van der Waals surface area contributed by atoms with Crippen LogP contribution in [0.5, 0.6) is 0 Å². The lowest BCUT2D eigenvalue weighted by Gasteiger charge is -2.41. The summed E-state index contributed by atoms with van der Waals surface area (Å²) in [4.78, 5) is 5.06. The zero-order valence-electron chi connectivity index (χ0n) is 16.0. The van der Waals surface area contributed by atoms with Crippen LogP contribution in [0, 0.1) is 0 Å². The van der Waals surface area contributed by atoms with E-state index in [-0.39, 0.29) is 0 Å². The summed E-state index contributed by atoms with van der Waals surface area (Å²) in [6.07, 6.45) is 5.59. The van der Waals surface area contributed by atoms with Crippen molar-refractivity contribution in [3.8, 4) is 0 Å². The normalized spacial score (nSPS) is 22.2. The molecule has 0 aliphatic carbocycles. The molecule has 2 radical (unpaired) electrons. The van der Waals surface area contributed by atoms with Crippen molar-refractivity contribution in [1.29, 1.82) is 0 Å². The Hall–Kier alpha value is -1.58. The van der Waals surface area contributed by atoms with Gasteiger partial charge in [0.2, 0.25) is 0 Å². The van der Waals surface area contributed by atoms with Crippen molar-refractivity contribution in [2.24, 2.45) is 0 Å². The fourth-order valence-corrected chi connectivity index (χ4v) is 5.69. The summed E-state index contributed by atoms with van der Waals surface area (Å²) in [5.41, 5.74) is 5.90. The van der Waals surface area contributed by atoms with Crippen LogP contribution in [0.25, 0.3) is 0 Å². The molecule has 3 aliphatic rings. The molecule has 2 fully saturated rings. The van der Waals surface area contributed by atoms with Crippen LogP contribution in [-0.2, 0) is 6.42 Å². The maximum atomic E-state index is 2.61. The Labute approximate surface area is 161 Å². The Kier molecular flexibility index (Phi) is 5.76. The number of rotatable bonds is 0. The third-order valence-electron chi connectivity index (χ3n) is 5.89. The van der Waals surface area contributed by atoms with E-state index in [9.17, 15) is 0 Å². The number of nitrogens with zero attached hydrogens (tertiary/aromatic N) is 2. The fraction of sp³-hybridized carbons (Fsp3) is 0.478. The van der Waals surface area contributed by atoms with Crippen LogP contribution in [-0.4, -0.2) is 41.1 Å². The Morgan fingerprint density at radius 1 is 0.846 bits per heavy atom. The van der Waals surface area contributed by atoms with Crippen molar-refractivity contribution in [3.63, 3.8) is 0 Å². The number of anilines is 1. The molecule has 3 heterocycles. The van der Waals surface area contributed by atoms with E-state index in [1.54, 1.807) is 0 Å². The molecule has 5 rings (SSSR count). The Morgan fingerprint density at radius 2 is 1.58 bits per heavy atom. The van der Waals surface area contributed by atoms with E-state index in [0.717, 1.165) is 26.1 Å². The Balaban J connectivity index is 0.000000240. The minimum atomic E-state index is 0.494. The predicted molar refractivity (Wildman–Crippen MR) is 112 cm³/mol. The van der Waals surface area contributed by atoms with Gasteiger partial charge in [-0.15, -0.1) is 0 Å². The van der Waals surface area contributed by atoms with Crippen molar-refractivity contribution in [2.75, 3.05) is 31.6 Å². The van der Waals surface area contributed by atoms with E-state index >= 15 is 0 Å². The lowest BCUT2D eigenvalue weighted by Crippen LogP contribution is -2.46. The molecule has 2 aromatic rings. The summed E-state index contributed by atoms with van der Waals surface area (Å²) >= 11 is 0. The maximum absolute atomic E-state index is 2.61. The van der Waals surface area contributed by atoms with Gasteiger partial charge in [-0.2, -0.15) is 0 Å². The van der Waals surface area contributed by atoms with Gasteiger partial charge >= 0.3 is 0 Å². The summed E-state index contributed by atoms with van der Waals surface area (Å²) in [5.74, 6) is 0. The molecule has 1 unspecified atom stereocenters. The average Bonchev–Trinajstić information content (AvgIpc) is 2.84. The highest BCUT2D eigenvalue weighted by molar-refractivity contribution is 6.35. The number of benzene rings is 2. The molecule has 0 N–H and O–H groups in total. The Morgan fingerprint density at radius 3 is 2.31 bits per heavy atom. The van der Waals surface area contributed by atoms with Crippen LogP contribution >= 0.6 is 0 Å². The number of likely N-dealkylation sites (N-methyl/N-ethyl adjacent to an activating group) is 1. The smallest absolute Gasteiger partial charge is 0.0672 e.